The maximum atomic E-state index is 10.5. The Morgan fingerprint density at radius 1 is 1.17 bits per heavy atom. The van der Waals surface area contributed by atoms with Crippen LogP contribution in [0.4, 0.5) is 5.82 Å². The number of rotatable bonds is 6. The summed E-state index contributed by atoms with van der Waals surface area (Å²) in [5.41, 5.74) is 2.19. The van der Waals surface area contributed by atoms with Gasteiger partial charge in [0.2, 0.25) is 0 Å². The first-order valence-corrected chi connectivity index (χ1v) is 11.4. The first kappa shape index (κ1) is 19.4. The molecule has 8 heteroatoms. The number of aryl methyl sites for hydroxylation is 1. The lowest BCUT2D eigenvalue weighted by Crippen LogP contribution is -2.38. The van der Waals surface area contributed by atoms with Crippen LogP contribution in [0.3, 0.4) is 0 Å². The fourth-order valence-corrected chi connectivity index (χ4v) is 4.75. The number of hydrogen-bond donors (Lipinski definition) is 2. The van der Waals surface area contributed by atoms with Crippen LogP contribution in [-0.4, -0.2) is 50.3 Å². The molecule has 1 saturated heterocycles. The minimum Gasteiger partial charge on any atom is -0.507 e. The van der Waals surface area contributed by atoms with Crippen LogP contribution in [0.15, 0.2) is 30.3 Å². The Labute approximate surface area is 180 Å². The first-order chi connectivity index (χ1) is 14.7. The molecule has 1 saturated carbocycles. The standard InChI is InChI=1S/C22H26N6OS/c1-14-24-22(30-27-14)16-5-6-18(20(29)11-16)19-7-8-21(26-25-19)28-10-9-15(13-28)12-23-17-3-2-4-17/h5-8,11,15,17,23,29H,2-4,9-10,12-13H2,1H3/t15-/m1/s1. The lowest BCUT2D eigenvalue weighted by molar-refractivity contribution is 0.321. The van der Waals surface area contributed by atoms with Crippen molar-refractivity contribution < 1.29 is 5.11 Å². The summed E-state index contributed by atoms with van der Waals surface area (Å²) in [5, 5.41) is 23.8. The topological polar surface area (TPSA) is 87.1 Å². The Hall–Kier alpha value is -2.58. The number of hydrogen-bond acceptors (Lipinski definition) is 8. The quantitative estimate of drug-likeness (QED) is 0.627. The van der Waals surface area contributed by atoms with E-state index < -0.39 is 0 Å². The molecule has 0 bridgehead atoms. The number of phenols is 1. The second-order valence-corrected chi connectivity index (χ2v) is 9.04. The molecule has 3 heterocycles. The molecular weight excluding hydrogens is 396 g/mol. The molecule has 2 aliphatic rings. The summed E-state index contributed by atoms with van der Waals surface area (Å²) in [6, 6.07) is 10.2. The fourth-order valence-electron chi connectivity index (χ4n) is 4.09. The van der Waals surface area contributed by atoms with Crippen molar-refractivity contribution >= 4 is 17.4 Å². The SMILES string of the molecule is Cc1nsc(-c2ccc(-c3ccc(N4CC[C@H](CNC5CCC5)C4)nn3)c(O)c2)n1. The van der Waals surface area contributed by atoms with Crippen molar-refractivity contribution in [1.82, 2.24) is 24.9 Å². The molecule has 0 spiro atoms. The van der Waals surface area contributed by atoms with Crippen LogP contribution in [0.2, 0.25) is 0 Å². The molecule has 2 fully saturated rings. The van der Waals surface area contributed by atoms with E-state index in [1.54, 1.807) is 6.07 Å². The van der Waals surface area contributed by atoms with Crippen LogP contribution in [0.5, 0.6) is 5.75 Å². The number of aromatic hydroxyl groups is 1. The molecule has 1 aromatic carbocycles. The highest BCUT2D eigenvalue weighted by molar-refractivity contribution is 7.09. The van der Waals surface area contributed by atoms with Crippen molar-refractivity contribution in [3.05, 3.63) is 36.2 Å². The number of anilines is 1. The van der Waals surface area contributed by atoms with Gasteiger partial charge in [-0.05, 0) is 74.4 Å². The van der Waals surface area contributed by atoms with Crippen LogP contribution >= 0.6 is 11.5 Å². The smallest absolute Gasteiger partial charge is 0.151 e. The molecule has 0 amide bonds. The maximum Gasteiger partial charge on any atom is 0.151 e. The molecule has 3 aromatic rings. The number of nitrogens with zero attached hydrogens (tertiary/aromatic N) is 5. The highest BCUT2D eigenvalue weighted by atomic mass is 32.1. The van der Waals surface area contributed by atoms with Gasteiger partial charge in [0.15, 0.2) is 5.82 Å². The van der Waals surface area contributed by atoms with E-state index in [0.29, 0.717) is 17.2 Å². The van der Waals surface area contributed by atoms with Crippen molar-refractivity contribution in [1.29, 1.82) is 0 Å². The molecule has 1 aliphatic heterocycles. The predicted octanol–water partition coefficient (Wildman–Crippen LogP) is 3.64. The monoisotopic (exact) mass is 422 g/mol. The summed E-state index contributed by atoms with van der Waals surface area (Å²) in [6.45, 7) is 5.00. The van der Waals surface area contributed by atoms with Gasteiger partial charge >= 0.3 is 0 Å². The molecule has 1 aliphatic carbocycles. The fraction of sp³-hybridized carbons (Fsp3) is 0.455. The average Bonchev–Trinajstić information content (AvgIpc) is 3.36. The van der Waals surface area contributed by atoms with E-state index in [2.05, 4.69) is 29.8 Å². The summed E-state index contributed by atoms with van der Waals surface area (Å²) >= 11 is 1.33. The van der Waals surface area contributed by atoms with Gasteiger partial charge < -0.3 is 15.3 Å². The summed E-state index contributed by atoms with van der Waals surface area (Å²) in [6.07, 6.45) is 5.22. The van der Waals surface area contributed by atoms with E-state index in [9.17, 15) is 5.11 Å². The Bertz CT molecular complexity index is 1020. The van der Waals surface area contributed by atoms with Gasteiger partial charge in [-0.1, -0.05) is 12.5 Å². The van der Waals surface area contributed by atoms with Gasteiger partial charge in [0.25, 0.3) is 0 Å². The van der Waals surface area contributed by atoms with Gasteiger partial charge in [-0.15, -0.1) is 10.2 Å². The van der Waals surface area contributed by atoms with E-state index in [-0.39, 0.29) is 5.75 Å². The Morgan fingerprint density at radius 3 is 2.73 bits per heavy atom. The molecule has 5 rings (SSSR count). The van der Waals surface area contributed by atoms with E-state index in [1.807, 2.05) is 31.2 Å². The molecule has 2 aromatic heterocycles. The number of aromatic nitrogens is 4. The summed E-state index contributed by atoms with van der Waals surface area (Å²) < 4.78 is 4.20. The minimum absolute atomic E-state index is 0.172. The number of benzene rings is 1. The third kappa shape index (κ3) is 4.02. The van der Waals surface area contributed by atoms with Gasteiger partial charge in [0, 0.05) is 30.3 Å². The van der Waals surface area contributed by atoms with E-state index in [1.165, 1.54) is 37.2 Å². The summed E-state index contributed by atoms with van der Waals surface area (Å²) in [7, 11) is 0. The molecule has 7 nitrogen and oxygen atoms in total. The largest absolute Gasteiger partial charge is 0.507 e. The van der Waals surface area contributed by atoms with Crippen molar-refractivity contribution in [3.63, 3.8) is 0 Å². The van der Waals surface area contributed by atoms with Crippen molar-refractivity contribution in [2.75, 3.05) is 24.5 Å². The van der Waals surface area contributed by atoms with Crippen LogP contribution in [-0.2, 0) is 0 Å². The molecule has 0 unspecified atom stereocenters. The second kappa shape index (κ2) is 8.28. The first-order valence-electron chi connectivity index (χ1n) is 10.6. The molecule has 30 heavy (non-hydrogen) atoms. The maximum absolute atomic E-state index is 10.5. The average molecular weight is 423 g/mol. The third-order valence-corrected chi connectivity index (χ3v) is 6.96. The lowest BCUT2D eigenvalue weighted by Gasteiger charge is -2.28. The minimum atomic E-state index is 0.172. The van der Waals surface area contributed by atoms with Gasteiger partial charge in [0.05, 0.1) is 5.69 Å². The highest BCUT2D eigenvalue weighted by Gasteiger charge is 2.25. The van der Waals surface area contributed by atoms with Crippen LogP contribution in [0.1, 0.15) is 31.5 Å². The molecule has 0 radical (unpaired) electrons. The third-order valence-electron chi connectivity index (χ3n) is 6.11. The van der Waals surface area contributed by atoms with E-state index >= 15 is 0 Å². The predicted molar refractivity (Wildman–Crippen MR) is 119 cm³/mol. The lowest BCUT2D eigenvalue weighted by atomic mass is 9.92. The van der Waals surface area contributed by atoms with Gasteiger partial charge in [-0.2, -0.15) is 4.37 Å². The molecule has 1 atom stereocenters. The number of phenolic OH excluding ortho intramolecular Hbond substituents is 1. The zero-order valence-electron chi connectivity index (χ0n) is 17.1. The Morgan fingerprint density at radius 2 is 2.07 bits per heavy atom. The van der Waals surface area contributed by atoms with Crippen molar-refractivity contribution in [2.45, 2.75) is 38.6 Å². The molecule has 2 N–H and O–H groups in total. The normalized spacial score (nSPS) is 19.2. The Balaban J connectivity index is 1.25. The van der Waals surface area contributed by atoms with E-state index in [4.69, 9.17) is 0 Å². The van der Waals surface area contributed by atoms with Crippen LogP contribution in [0, 0.1) is 12.8 Å². The summed E-state index contributed by atoms with van der Waals surface area (Å²) in [5.74, 6) is 2.49. The molecular formula is C22H26N6OS. The van der Waals surface area contributed by atoms with Crippen molar-refractivity contribution in [2.24, 2.45) is 5.92 Å². The highest BCUT2D eigenvalue weighted by Crippen LogP contribution is 2.33. The molecule has 156 valence electrons. The summed E-state index contributed by atoms with van der Waals surface area (Å²) in [4.78, 5) is 6.69. The van der Waals surface area contributed by atoms with E-state index in [0.717, 1.165) is 47.9 Å². The van der Waals surface area contributed by atoms with Gasteiger partial charge in [-0.3, -0.25) is 0 Å². The van der Waals surface area contributed by atoms with Crippen LogP contribution in [0.25, 0.3) is 21.8 Å². The zero-order chi connectivity index (χ0) is 20.5. The van der Waals surface area contributed by atoms with Crippen LogP contribution < -0.4 is 10.2 Å². The zero-order valence-corrected chi connectivity index (χ0v) is 17.9. The Kier molecular flexibility index (Phi) is 5.35. The van der Waals surface area contributed by atoms with Gasteiger partial charge in [0.1, 0.15) is 16.6 Å². The second-order valence-electron chi connectivity index (χ2n) is 8.29. The van der Waals surface area contributed by atoms with Gasteiger partial charge in [-0.25, -0.2) is 4.98 Å². The van der Waals surface area contributed by atoms with Crippen molar-refractivity contribution in [3.8, 4) is 27.6 Å². The number of nitrogens with one attached hydrogen (secondary N) is 1.